The highest BCUT2D eigenvalue weighted by molar-refractivity contribution is 5.54. The number of pyridine rings is 1. The van der Waals surface area contributed by atoms with Crippen molar-refractivity contribution in [2.75, 3.05) is 0 Å². The van der Waals surface area contributed by atoms with Crippen molar-refractivity contribution in [3.05, 3.63) is 42.0 Å². The van der Waals surface area contributed by atoms with E-state index in [0.717, 1.165) is 41.9 Å². The molecule has 1 atom stereocenters. The van der Waals surface area contributed by atoms with Gasteiger partial charge in [-0.25, -0.2) is 9.97 Å². The Labute approximate surface area is 99.9 Å². The predicted octanol–water partition coefficient (Wildman–Crippen LogP) is 1.87. The zero-order valence-corrected chi connectivity index (χ0v) is 9.50. The molecule has 2 heterocycles. The van der Waals surface area contributed by atoms with Gasteiger partial charge < -0.3 is 5.73 Å². The van der Waals surface area contributed by atoms with Crippen LogP contribution in [0.1, 0.15) is 30.1 Å². The SMILES string of the molecule is N[C@@H]1CCCc2nc(-c3ccncc3)ncc21. The smallest absolute Gasteiger partial charge is 0.159 e. The maximum absolute atomic E-state index is 6.05. The minimum atomic E-state index is 0.102. The number of hydrogen-bond acceptors (Lipinski definition) is 4. The summed E-state index contributed by atoms with van der Waals surface area (Å²) in [7, 11) is 0. The lowest BCUT2D eigenvalue weighted by atomic mass is 9.93. The summed E-state index contributed by atoms with van der Waals surface area (Å²) in [5.74, 6) is 0.764. The number of nitrogens with two attached hydrogens (primary N) is 1. The van der Waals surface area contributed by atoms with E-state index in [9.17, 15) is 0 Å². The van der Waals surface area contributed by atoms with Gasteiger partial charge in [0.05, 0.1) is 0 Å². The number of aryl methyl sites for hydroxylation is 1. The van der Waals surface area contributed by atoms with Crippen LogP contribution in [0.4, 0.5) is 0 Å². The van der Waals surface area contributed by atoms with Crippen LogP contribution >= 0.6 is 0 Å². The molecule has 1 aliphatic rings. The Morgan fingerprint density at radius 1 is 1.24 bits per heavy atom. The van der Waals surface area contributed by atoms with Gasteiger partial charge in [-0.3, -0.25) is 4.98 Å². The van der Waals surface area contributed by atoms with Crippen LogP contribution in [-0.4, -0.2) is 15.0 Å². The second-order valence-electron chi connectivity index (χ2n) is 4.33. The third-order valence-electron chi connectivity index (χ3n) is 3.17. The van der Waals surface area contributed by atoms with Crippen molar-refractivity contribution in [1.29, 1.82) is 0 Å². The molecule has 0 spiro atoms. The topological polar surface area (TPSA) is 64.7 Å². The monoisotopic (exact) mass is 226 g/mol. The second-order valence-corrected chi connectivity index (χ2v) is 4.33. The van der Waals surface area contributed by atoms with E-state index in [1.54, 1.807) is 12.4 Å². The Bertz CT molecular complexity index is 524. The lowest BCUT2D eigenvalue weighted by molar-refractivity contribution is 0.557. The normalized spacial score (nSPS) is 18.8. The zero-order chi connectivity index (χ0) is 11.7. The molecular weight excluding hydrogens is 212 g/mol. The first-order chi connectivity index (χ1) is 8.34. The number of aromatic nitrogens is 3. The standard InChI is InChI=1S/C13H14N4/c14-11-2-1-3-12-10(11)8-16-13(17-12)9-4-6-15-7-5-9/h4-8,11H,1-3,14H2/t11-/m1/s1. The highest BCUT2D eigenvalue weighted by atomic mass is 14.9. The first kappa shape index (κ1) is 10.4. The first-order valence-electron chi connectivity index (χ1n) is 5.86. The molecule has 0 saturated carbocycles. The van der Waals surface area contributed by atoms with Crippen LogP contribution in [0.5, 0.6) is 0 Å². The highest BCUT2D eigenvalue weighted by Crippen LogP contribution is 2.27. The summed E-state index contributed by atoms with van der Waals surface area (Å²) >= 11 is 0. The molecule has 0 radical (unpaired) electrons. The van der Waals surface area contributed by atoms with Crippen LogP contribution in [-0.2, 0) is 6.42 Å². The van der Waals surface area contributed by atoms with E-state index < -0.39 is 0 Å². The molecule has 2 aromatic rings. The minimum absolute atomic E-state index is 0.102. The maximum atomic E-state index is 6.05. The molecule has 0 amide bonds. The molecule has 1 aliphatic carbocycles. The Kier molecular flexibility index (Phi) is 2.57. The molecule has 0 aliphatic heterocycles. The predicted molar refractivity (Wildman–Crippen MR) is 65.1 cm³/mol. The van der Waals surface area contributed by atoms with Crippen LogP contribution in [0.15, 0.2) is 30.7 Å². The molecule has 0 bridgehead atoms. The Morgan fingerprint density at radius 2 is 2.06 bits per heavy atom. The van der Waals surface area contributed by atoms with Crippen molar-refractivity contribution in [1.82, 2.24) is 15.0 Å². The zero-order valence-electron chi connectivity index (χ0n) is 9.50. The quantitative estimate of drug-likeness (QED) is 0.806. The number of rotatable bonds is 1. The van der Waals surface area contributed by atoms with Gasteiger partial charge in [0, 0.05) is 41.5 Å². The Morgan fingerprint density at radius 3 is 2.88 bits per heavy atom. The minimum Gasteiger partial charge on any atom is -0.324 e. The maximum Gasteiger partial charge on any atom is 0.159 e. The number of fused-ring (bicyclic) bond motifs is 1. The average molecular weight is 226 g/mol. The molecule has 4 heteroatoms. The first-order valence-corrected chi connectivity index (χ1v) is 5.86. The average Bonchev–Trinajstić information content (AvgIpc) is 2.40. The summed E-state index contributed by atoms with van der Waals surface area (Å²) in [6.07, 6.45) is 8.53. The third-order valence-corrected chi connectivity index (χ3v) is 3.17. The van der Waals surface area contributed by atoms with Crippen LogP contribution in [0.25, 0.3) is 11.4 Å². The summed E-state index contributed by atoms with van der Waals surface area (Å²) in [5.41, 5.74) is 9.25. The van der Waals surface area contributed by atoms with Crippen molar-refractivity contribution < 1.29 is 0 Å². The van der Waals surface area contributed by atoms with E-state index >= 15 is 0 Å². The van der Waals surface area contributed by atoms with Gasteiger partial charge in [0.15, 0.2) is 5.82 Å². The summed E-state index contributed by atoms with van der Waals surface area (Å²) in [5, 5.41) is 0. The molecule has 17 heavy (non-hydrogen) atoms. The summed E-state index contributed by atoms with van der Waals surface area (Å²) in [4.78, 5) is 13.0. The van der Waals surface area contributed by atoms with E-state index in [0.29, 0.717) is 0 Å². The van der Waals surface area contributed by atoms with E-state index in [4.69, 9.17) is 5.73 Å². The Hall–Kier alpha value is -1.81. The van der Waals surface area contributed by atoms with Gasteiger partial charge in [-0.1, -0.05) is 0 Å². The van der Waals surface area contributed by atoms with Crippen LogP contribution < -0.4 is 5.73 Å². The second kappa shape index (κ2) is 4.22. The third kappa shape index (κ3) is 1.91. The lowest BCUT2D eigenvalue weighted by Crippen LogP contribution is -2.19. The fourth-order valence-electron chi connectivity index (χ4n) is 2.22. The van der Waals surface area contributed by atoms with Gasteiger partial charge in [-0.05, 0) is 31.4 Å². The highest BCUT2D eigenvalue weighted by Gasteiger charge is 2.19. The molecule has 0 fully saturated rings. The van der Waals surface area contributed by atoms with Crippen molar-refractivity contribution in [3.63, 3.8) is 0 Å². The molecule has 3 rings (SSSR count). The van der Waals surface area contributed by atoms with E-state index in [1.165, 1.54) is 0 Å². The van der Waals surface area contributed by atoms with Crippen molar-refractivity contribution in [3.8, 4) is 11.4 Å². The summed E-state index contributed by atoms with van der Waals surface area (Å²) in [6, 6.07) is 3.94. The van der Waals surface area contributed by atoms with Crippen LogP contribution in [0, 0.1) is 0 Å². The van der Waals surface area contributed by atoms with Gasteiger partial charge in [0.1, 0.15) is 0 Å². The lowest BCUT2D eigenvalue weighted by Gasteiger charge is -2.20. The molecular formula is C13H14N4. The van der Waals surface area contributed by atoms with E-state index in [-0.39, 0.29) is 6.04 Å². The van der Waals surface area contributed by atoms with E-state index in [1.807, 2.05) is 18.3 Å². The van der Waals surface area contributed by atoms with Gasteiger partial charge in [0.25, 0.3) is 0 Å². The molecule has 86 valence electrons. The van der Waals surface area contributed by atoms with Gasteiger partial charge in [0.2, 0.25) is 0 Å². The molecule has 2 aromatic heterocycles. The van der Waals surface area contributed by atoms with Crippen molar-refractivity contribution in [2.24, 2.45) is 5.73 Å². The molecule has 4 nitrogen and oxygen atoms in total. The molecule has 2 N–H and O–H groups in total. The number of nitrogens with zero attached hydrogens (tertiary/aromatic N) is 3. The van der Waals surface area contributed by atoms with E-state index in [2.05, 4.69) is 15.0 Å². The molecule has 0 saturated heterocycles. The molecule has 0 unspecified atom stereocenters. The van der Waals surface area contributed by atoms with Gasteiger partial charge in [-0.15, -0.1) is 0 Å². The van der Waals surface area contributed by atoms with Gasteiger partial charge in [-0.2, -0.15) is 0 Å². The van der Waals surface area contributed by atoms with Crippen LogP contribution in [0.2, 0.25) is 0 Å². The fraction of sp³-hybridized carbons (Fsp3) is 0.308. The van der Waals surface area contributed by atoms with Gasteiger partial charge >= 0.3 is 0 Å². The summed E-state index contributed by atoms with van der Waals surface area (Å²) < 4.78 is 0. The Balaban J connectivity index is 2.04. The largest absolute Gasteiger partial charge is 0.324 e. The number of hydrogen-bond donors (Lipinski definition) is 1. The van der Waals surface area contributed by atoms with Crippen molar-refractivity contribution in [2.45, 2.75) is 25.3 Å². The van der Waals surface area contributed by atoms with Crippen molar-refractivity contribution >= 4 is 0 Å². The molecule has 0 aromatic carbocycles. The fourth-order valence-corrected chi connectivity index (χ4v) is 2.22. The van der Waals surface area contributed by atoms with Crippen LogP contribution in [0.3, 0.4) is 0 Å². The summed E-state index contributed by atoms with van der Waals surface area (Å²) in [6.45, 7) is 0.